The van der Waals surface area contributed by atoms with Crippen LogP contribution in [0.15, 0.2) is 54.6 Å². The van der Waals surface area contributed by atoms with Gasteiger partial charge in [-0.2, -0.15) is 0 Å². The van der Waals surface area contributed by atoms with Crippen LogP contribution in [0, 0.1) is 0 Å². The van der Waals surface area contributed by atoms with Crippen LogP contribution < -0.4 is 0 Å². The van der Waals surface area contributed by atoms with E-state index >= 15 is 0 Å². The van der Waals surface area contributed by atoms with Crippen LogP contribution in [-0.2, 0) is 19.1 Å². The van der Waals surface area contributed by atoms with E-state index in [1.165, 1.54) is 7.11 Å². The van der Waals surface area contributed by atoms with Gasteiger partial charge in [-0.05, 0) is 23.3 Å². The van der Waals surface area contributed by atoms with Crippen molar-refractivity contribution in [2.45, 2.75) is 12.8 Å². The molecule has 0 atom stereocenters. The molecule has 24 heavy (non-hydrogen) atoms. The molecule has 0 aromatic heterocycles. The lowest BCUT2D eigenvalue weighted by atomic mass is 10.0. The highest BCUT2D eigenvalue weighted by atomic mass is 16.5. The summed E-state index contributed by atoms with van der Waals surface area (Å²) in [4.78, 5) is 34.4. The second kappa shape index (κ2) is 8.62. The van der Waals surface area contributed by atoms with Crippen LogP contribution in [0.4, 0.5) is 0 Å². The van der Waals surface area contributed by atoms with Crippen molar-refractivity contribution in [1.29, 1.82) is 0 Å². The second-order valence-electron chi connectivity index (χ2n) is 5.13. The highest BCUT2D eigenvalue weighted by Crippen LogP contribution is 2.19. The number of carbonyl (C=O) groups excluding carboxylic acids is 3. The Morgan fingerprint density at radius 2 is 1.46 bits per heavy atom. The highest BCUT2D eigenvalue weighted by molar-refractivity contribution is 5.92. The maximum Gasteiger partial charge on any atom is 0.338 e. The highest BCUT2D eigenvalue weighted by Gasteiger charge is 2.12. The van der Waals surface area contributed by atoms with Gasteiger partial charge in [-0.1, -0.05) is 42.5 Å². The minimum absolute atomic E-state index is 0.00705. The van der Waals surface area contributed by atoms with Crippen molar-refractivity contribution in [3.63, 3.8) is 0 Å². The third-order valence-electron chi connectivity index (χ3n) is 3.43. The summed E-state index contributed by atoms with van der Waals surface area (Å²) >= 11 is 0. The number of Topliss-reactive ketones (excluding diaryl/α,β-unsaturated/α-hetero) is 1. The van der Waals surface area contributed by atoms with Gasteiger partial charge in [-0.15, -0.1) is 0 Å². The van der Waals surface area contributed by atoms with E-state index in [1.54, 1.807) is 12.1 Å². The summed E-state index contributed by atoms with van der Waals surface area (Å²) in [5.74, 6) is -1.36. The second-order valence-corrected chi connectivity index (χ2v) is 5.13. The number of methoxy groups -OCH3 is 1. The molecule has 0 radical (unpaired) electrons. The van der Waals surface area contributed by atoms with Crippen molar-refractivity contribution in [3.05, 3.63) is 60.2 Å². The molecule has 0 saturated carbocycles. The van der Waals surface area contributed by atoms with Crippen LogP contribution in [0.5, 0.6) is 0 Å². The number of hydrogen-bond donors (Lipinski definition) is 0. The number of carbonyl (C=O) groups is 3. The molecule has 0 unspecified atom stereocenters. The molecule has 0 spiro atoms. The fourth-order valence-corrected chi connectivity index (χ4v) is 2.07. The first-order chi connectivity index (χ1) is 11.6. The molecule has 2 rings (SSSR count). The Morgan fingerprint density at radius 1 is 0.833 bits per heavy atom. The largest absolute Gasteiger partial charge is 0.469 e. The Kier molecular flexibility index (Phi) is 6.25. The maximum absolute atomic E-state index is 11.9. The fraction of sp³-hybridized carbons (Fsp3) is 0.211. The van der Waals surface area contributed by atoms with E-state index in [9.17, 15) is 14.4 Å². The van der Waals surface area contributed by atoms with E-state index < -0.39 is 11.9 Å². The Bertz CT molecular complexity index is 704. The van der Waals surface area contributed by atoms with Gasteiger partial charge in [0.15, 0.2) is 5.78 Å². The Hall–Kier alpha value is -2.95. The van der Waals surface area contributed by atoms with E-state index in [0.29, 0.717) is 5.56 Å². The van der Waals surface area contributed by atoms with Crippen LogP contribution in [-0.4, -0.2) is 31.4 Å². The van der Waals surface area contributed by atoms with E-state index in [-0.39, 0.29) is 25.2 Å². The predicted molar refractivity (Wildman–Crippen MR) is 88.4 cm³/mol. The van der Waals surface area contributed by atoms with Crippen molar-refractivity contribution < 1.29 is 23.9 Å². The summed E-state index contributed by atoms with van der Waals surface area (Å²) in [6.45, 7) is -0.351. The molecule has 5 heteroatoms. The number of ether oxygens (including phenoxy) is 2. The Labute approximate surface area is 140 Å². The fourth-order valence-electron chi connectivity index (χ4n) is 2.07. The molecule has 0 bridgehead atoms. The number of ketones is 1. The van der Waals surface area contributed by atoms with Gasteiger partial charge < -0.3 is 9.47 Å². The van der Waals surface area contributed by atoms with Crippen molar-refractivity contribution in [2.24, 2.45) is 0 Å². The summed E-state index contributed by atoms with van der Waals surface area (Å²) in [6.07, 6.45) is -0.0223. The van der Waals surface area contributed by atoms with Crippen LogP contribution in [0.2, 0.25) is 0 Å². The summed E-state index contributed by atoms with van der Waals surface area (Å²) in [6, 6.07) is 16.7. The summed E-state index contributed by atoms with van der Waals surface area (Å²) in [5.41, 5.74) is 2.41. The van der Waals surface area contributed by atoms with Crippen molar-refractivity contribution >= 4 is 17.7 Å². The molecular formula is C19H18O5. The van der Waals surface area contributed by atoms with Gasteiger partial charge >= 0.3 is 11.9 Å². The normalized spacial score (nSPS) is 10.0. The first kappa shape index (κ1) is 17.4. The summed E-state index contributed by atoms with van der Waals surface area (Å²) in [7, 11) is 1.26. The standard InChI is InChI=1S/C19H18O5/c1-23-18(21)12-11-17(20)13-24-19(22)16-9-7-15(8-10-16)14-5-3-2-4-6-14/h2-10H,11-13H2,1H3. The van der Waals surface area contributed by atoms with Gasteiger partial charge in [0.05, 0.1) is 19.1 Å². The van der Waals surface area contributed by atoms with E-state index in [0.717, 1.165) is 11.1 Å². The quantitative estimate of drug-likeness (QED) is 0.732. The number of hydrogen-bond acceptors (Lipinski definition) is 5. The molecule has 0 fully saturated rings. The van der Waals surface area contributed by atoms with Crippen molar-refractivity contribution in [1.82, 2.24) is 0 Å². The molecule has 0 amide bonds. The minimum Gasteiger partial charge on any atom is -0.469 e. The van der Waals surface area contributed by atoms with Gasteiger partial charge in [0.1, 0.15) is 6.61 Å². The van der Waals surface area contributed by atoms with Crippen LogP contribution in [0.3, 0.4) is 0 Å². The zero-order valence-electron chi connectivity index (χ0n) is 13.4. The SMILES string of the molecule is COC(=O)CCC(=O)COC(=O)c1ccc(-c2ccccc2)cc1. The summed E-state index contributed by atoms with van der Waals surface area (Å²) in [5, 5.41) is 0. The molecule has 2 aromatic rings. The lowest BCUT2D eigenvalue weighted by Gasteiger charge is -2.06. The number of esters is 2. The van der Waals surface area contributed by atoms with E-state index in [4.69, 9.17) is 4.74 Å². The van der Waals surface area contributed by atoms with Gasteiger partial charge in [0.25, 0.3) is 0 Å². The smallest absolute Gasteiger partial charge is 0.338 e. The molecule has 2 aromatic carbocycles. The predicted octanol–water partition coefficient (Wildman–Crippen LogP) is 3.03. The van der Waals surface area contributed by atoms with Crippen molar-refractivity contribution in [2.75, 3.05) is 13.7 Å². The maximum atomic E-state index is 11.9. The van der Waals surface area contributed by atoms with Crippen LogP contribution >= 0.6 is 0 Å². The Morgan fingerprint density at radius 3 is 2.08 bits per heavy atom. The van der Waals surface area contributed by atoms with Crippen molar-refractivity contribution in [3.8, 4) is 11.1 Å². The lowest BCUT2D eigenvalue weighted by Crippen LogP contribution is -2.15. The number of rotatable bonds is 7. The minimum atomic E-state index is -0.568. The molecule has 0 aliphatic carbocycles. The van der Waals surface area contributed by atoms with Gasteiger partial charge in [-0.25, -0.2) is 4.79 Å². The van der Waals surface area contributed by atoms with Crippen LogP contribution in [0.25, 0.3) is 11.1 Å². The first-order valence-electron chi connectivity index (χ1n) is 7.51. The first-order valence-corrected chi connectivity index (χ1v) is 7.51. The van der Waals surface area contributed by atoms with Crippen LogP contribution in [0.1, 0.15) is 23.2 Å². The molecular weight excluding hydrogens is 308 g/mol. The zero-order chi connectivity index (χ0) is 17.4. The Balaban J connectivity index is 1.87. The summed E-state index contributed by atoms with van der Waals surface area (Å²) < 4.78 is 9.41. The lowest BCUT2D eigenvalue weighted by molar-refractivity contribution is -0.142. The third-order valence-corrected chi connectivity index (χ3v) is 3.43. The van der Waals surface area contributed by atoms with Gasteiger partial charge in [0.2, 0.25) is 0 Å². The average Bonchev–Trinajstić information content (AvgIpc) is 2.64. The van der Waals surface area contributed by atoms with Gasteiger partial charge in [-0.3, -0.25) is 9.59 Å². The molecule has 124 valence electrons. The monoisotopic (exact) mass is 326 g/mol. The molecule has 0 aliphatic heterocycles. The topological polar surface area (TPSA) is 69.7 Å². The molecule has 0 heterocycles. The molecule has 0 saturated heterocycles. The van der Waals surface area contributed by atoms with Gasteiger partial charge in [0, 0.05) is 6.42 Å². The molecule has 0 N–H and O–H groups in total. The average molecular weight is 326 g/mol. The number of benzene rings is 2. The zero-order valence-corrected chi connectivity index (χ0v) is 13.4. The van der Waals surface area contributed by atoms with E-state index in [1.807, 2.05) is 42.5 Å². The third kappa shape index (κ3) is 5.05. The molecule has 0 aliphatic rings. The molecule has 5 nitrogen and oxygen atoms in total. The van der Waals surface area contributed by atoms with E-state index in [2.05, 4.69) is 4.74 Å².